The number of carbonyl (C=O) groups excluding carboxylic acids is 2. The van der Waals surface area contributed by atoms with E-state index in [-0.39, 0.29) is 25.0 Å². The molecule has 0 spiro atoms. The van der Waals surface area contributed by atoms with Gasteiger partial charge < -0.3 is 9.64 Å². The highest BCUT2D eigenvalue weighted by Gasteiger charge is 2.34. The first kappa shape index (κ1) is 20.2. The Labute approximate surface area is 149 Å². The quantitative estimate of drug-likeness (QED) is 0.443. The first-order valence-electron chi connectivity index (χ1n) is 8.56. The number of piperidine rings is 1. The van der Waals surface area contributed by atoms with E-state index in [1.54, 1.807) is 0 Å². The van der Waals surface area contributed by atoms with Crippen molar-refractivity contribution in [3.8, 4) is 0 Å². The number of halogens is 4. The van der Waals surface area contributed by atoms with Crippen molar-refractivity contribution in [2.75, 3.05) is 19.7 Å². The van der Waals surface area contributed by atoms with E-state index in [4.69, 9.17) is 4.74 Å². The van der Waals surface area contributed by atoms with Crippen LogP contribution in [-0.4, -0.2) is 36.5 Å². The molecule has 1 aromatic carbocycles. The van der Waals surface area contributed by atoms with E-state index < -0.39 is 29.0 Å². The molecule has 0 bridgehead atoms. The molecule has 0 N–H and O–H groups in total. The van der Waals surface area contributed by atoms with Gasteiger partial charge in [0.2, 0.25) is 0 Å². The molecule has 144 valence electrons. The summed E-state index contributed by atoms with van der Waals surface area (Å²) in [4.78, 5) is 25.6. The number of benzene rings is 1. The molecular formula is C18H21F4NO3. The highest BCUT2D eigenvalue weighted by Crippen LogP contribution is 2.31. The number of hydrogen-bond acceptors (Lipinski definition) is 3. The number of carbonyl (C=O) groups is 2. The Morgan fingerprint density at radius 2 is 1.88 bits per heavy atom. The maximum absolute atomic E-state index is 13.9. The SMILES string of the molecule is CCCCOC(=O)C1CCN(C(=O)c2cc(C(F)(F)F)ccc2F)CC1. The van der Waals surface area contributed by atoms with E-state index in [0.717, 1.165) is 12.8 Å². The van der Waals surface area contributed by atoms with Gasteiger partial charge in [0.1, 0.15) is 5.82 Å². The standard InChI is InChI=1S/C18H21F4NO3/c1-2-3-10-26-17(25)12-6-8-23(9-7-12)16(24)14-11-13(18(20,21)22)4-5-15(14)19/h4-5,11-12H,2-3,6-10H2,1H3. The van der Waals surface area contributed by atoms with E-state index in [9.17, 15) is 27.2 Å². The summed E-state index contributed by atoms with van der Waals surface area (Å²) >= 11 is 0. The van der Waals surface area contributed by atoms with Crippen molar-refractivity contribution in [2.24, 2.45) is 5.92 Å². The van der Waals surface area contributed by atoms with Crippen molar-refractivity contribution in [3.63, 3.8) is 0 Å². The number of ether oxygens (including phenoxy) is 1. The zero-order chi connectivity index (χ0) is 19.3. The van der Waals surface area contributed by atoms with E-state index in [1.165, 1.54) is 4.90 Å². The third kappa shape index (κ3) is 4.95. The molecule has 0 atom stereocenters. The summed E-state index contributed by atoms with van der Waals surface area (Å²) in [6, 6.07) is 1.78. The highest BCUT2D eigenvalue weighted by molar-refractivity contribution is 5.95. The second-order valence-electron chi connectivity index (χ2n) is 6.28. The molecule has 1 aliphatic rings. The van der Waals surface area contributed by atoms with Crippen LogP contribution < -0.4 is 0 Å². The van der Waals surface area contributed by atoms with Crippen LogP contribution in [0.1, 0.15) is 48.5 Å². The van der Waals surface area contributed by atoms with Crippen molar-refractivity contribution in [1.82, 2.24) is 4.90 Å². The van der Waals surface area contributed by atoms with E-state index in [2.05, 4.69) is 0 Å². The van der Waals surface area contributed by atoms with Crippen LogP contribution in [0.5, 0.6) is 0 Å². The van der Waals surface area contributed by atoms with Crippen LogP contribution in [0.15, 0.2) is 18.2 Å². The van der Waals surface area contributed by atoms with Gasteiger partial charge in [-0.2, -0.15) is 13.2 Å². The molecule has 1 aliphatic heterocycles. The third-order valence-electron chi connectivity index (χ3n) is 4.38. The lowest BCUT2D eigenvalue weighted by molar-refractivity contribution is -0.150. The summed E-state index contributed by atoms with van der Waals surface area (Å²) in [6.45, 7) is 2.67. The number of amides is 1. The molecule has 1 heterocycles. The van der Waals surface area contributed by atoms with Crippen LogP contribution in [0.4, 0.5) is 17.6 Å². The fourth-order valence-electron chi connectivity index (χ4n) is 2.79. The lowest BCUT2D eigenvalue weighted by Gasteiger charge is -2.31. The third-order valence-corrected chi connectivity index (χ3v) is 4.38. The fourth-order valence-corrected chi connectivity index (χ4v) is 2.79. The number of unbranched alkanes of at least 4 members (excludes halogenated alkanes) is 1. The minimum absolute atomic E-state index is 0.169. The predicted molar refractivity (Wildman–Crippen MR) is 85.9 cm³/mol. The second kappa shape index (κ2) is 8.51. The molecule has 1 amide bonds. The largest absolute Gasteiger partial charge is 0.465 e. The number of alkyl halides is 3. The van der Waals surface area contributed by atoms with Crippen molar-refractivity contribution >= 4 is 11.9 Å². The molecule has 0 saturated carbocycles. The number of rotatable bonds is 5. The smallest absolute Gasteiger partial charge is 0.416 e. The van der Waals surface area contributed by atoms with Crippen molar-refractivity contribution < 1.29 is 31.9 Å². The summed E-state index contributed by atoms with van der Waals surface area (Å²) in [7, 11) is 0. The first-order valence-corrected chi connectivity index (χ1v) is 8.56. The molecule has 0 aliphatic carbocycles. The van der Waals surface area contributed by atoms with E-state index in [1.807, 2.05) is 6.92 Å². The predicted octanol–water partition coefficient (Wildman–Crippen LogP) is 4.04. The molecule has 0 aromatic heterocycles. The topological polar surface area (TPSA) is 46.6 Å². The van der Waals surface area contributed by atoms with Crippen LogP contribution in [0, 0.1) is 11.7 Å². The van der Waals surface area contributed by atoms with Gasteiger partial charge in [-0.1, -0.05) is 13.3 Å². The molecule has 4 nitrogen and oxygen atoms in total. The van der Waals surface area contributed by atoms with Crippen LogP contribution in [-0.2, 0) is 15.7 Å². The minimum atomic E-state index is -4.65. The molecule has 1 saturated heterocycles. The fraction of sp³-hybridized carbons (Fsp3) is 0.556. The van der Waals surface area contributed by atoms with Crippen LogP contribution >= 0.6 is 0 Å². The summed E-state index contributed by atoms with van der Waals surface area (Å²) in [5.41, 5.74) is -1.68. The first-order chi connectivity index (χ1) is 12.2. The molecule has 0 unspecified atom stereocenters. The summed E-state index contributed by atoms with van der Waals surface area (Å²) in [6.07, 6.45) is -2.28. The number of likely N-dealkylation sites (tertiary alicyclic amines) is 1. The van der Waals surface area contributed by atoms with Crippen molar-refractivity contribution in [2.45, 2.75) is 38.8 Å². The lowest BCUT2D eigenvalue weighted by atomic mass is 9.96. The maximum Gasteiger partial charge on any atom is 0.416 e. The van der Waals surface area contributed by atoms with Gasteiger partial charge in [-0.05, 0) is 37.5 Å². The zero-order valence-electron chi connectivity index (χ0n) is 14.4. The van der Waals surface area contributed by atoms with Gasteiger partial charge >= 0.3 is 12.1 Å². The summed E-state index contributed by atoms with van der Waals surface area (Å²) < 4.78 is 57.3. The average molecular weight is 375 g/mol. The van der Waals surface area contributed by atoms with Crippen LogP contribution in [0.2, 0.25) is 0 Å². The second-order valence-corrected chi connectivity index (χ2v) is 6.28. The summed E-state index contributed by atoms with van der Waals surface area (Å²) in [5, 5.41) is 0. The van der Waals surface area contributed by atoms with Gasteiger partial charge in [0.25, 0.3) is 5.91 Å². The van der Waals surface area contributed by atoms with E-state index in [0.29, 0.717) is 37.6 Å². The monoisotopic (exact) mass is 375 g/mol. The molecule has 2 rings (SSSR count). The van der Waals surface area contributed by atoms with Gasteiger partial charge in [0.15, 0.2) is 0 Å². The van der Waals surface area contributed by atoms with Gasteiger partial charge in [-0.15, -0.1) is 0 Å². The van der Waals surface area contributed by atoms with Crippen molar-refractivity contribution in [3.05, 3.63) is 35.1 Å². The molecule has 1 fully saturated rings. The Kier molecular flexibility index (Phi) is 6.61. The number of nitrogens with zero attached hydrogens (tertiary/aromatic N) is 1. The zero-order valence-corrected chi connectivity index (χ0v) is 14.4. The van der Waals surface area contributed by atoms with Gasteiger partial charge in [0.05, 0.1) is 23.7 Å². The highest BCUT2D eigenvalue weighted by atomic mass is 19.4. The Balaban J connectivity index is 1.99. The van der Waals surface area contributed by atoms with E-state index >= 15 is 0 Å². The molecular weight excluding hydrogens is 354 g/mol. The molecule has 0 radical (unpaired) electrons. The molecule has 1 aromatic rings. The van der Waals surface area contributed by atoms with Crippen LogP contribution in [0.25, 0.3) is 0 Å². The normalized spacial score (nSPS) is 15.8. The Bertz CT molecular complexity index is 652. The van der Waals surface area contributed by atoms with Gasteiger partial charge in [-0.25, -0.2) is 4.39 Å². The minimum Gasteiger partial charge on any atom is -0.465 e. The molecule has 26 heavy (non-hydrogen) atoms. The maximum atomic E-state index is 13.9. The van der Waals surface area contributed by atoms with Gasteiger partial charge in [-0.3, -0.25) is 9.59 Å². The molecule has 8 heteroatoms. The number of esters is 1. The average Bonchev–Trinajstić information content (AvgIpc) is 2.61. The Morgan fingerprint density at radius 1 is 1.23 bits per heavy atom. The van der Waals surface area contributed by atoms with Crippen LogP contribution in [0.3, 0.4) is 0 Å². The van der Waals surface area contributed by atoms with Gasteiger partial charge in [0, 0.05) is 13.1 Å². The van der Waals surface area contributed by atoms with Crippen molar-refractivity contribution in [1.29, 1.82) is 0 Å². The lowest BCUT2D eigenvalue weighted by Crippen LogP contribution is -2.41. The summed E-state index contributed by atoms with van der Waals surface area (Å²) in [5.74, 6) is -2.46. The Hall–Kier alpha value is -2.12. The Morgan fingerprint density at radius 3 is 2.46 bits per heavy atom. The number of hydrogen-bond donors (Lipinski definition) is 0.